The Hall–Kier alpha value is -0.790. The van der Waals surface area contributed by atoms with Crippen LogP contribution in [0.25, 0.3) is 0 Å². The molecule has 5 nitrogen and oxygen atoms in total. The molecule has 1 amide bonds. The molecule has 128 valence electrons. The number of furan rings is 1. The van der Waals surface area contributed by atoms with Crippen molar-refractivity contribution in [1.82, 2.24) is 4.90 Å². The second kappa shape index (κ2) is 5.93. The molecule has 1 atom stereocenters. The fraction of sp³-hybridized carbons (Fsp3) is 0.688. The number of hydrogen-bond acceptors (Lipinski definition) is 6. The summed E-state index contributed by atoms with van der Waals surface area (Å²) in [6, 6.07) is -0.255. The standard InChI is InChI=1S/C16H23NO4S2/c1-15(2,3)21-14(18)17-10(8-20-16(17,4)5)12-13-11(9-19-12)22-6-7-23-13/h9-10H,6-8H2,1-5H3/t10-/m1/s1. The van der Waals surface area contributed by atoms with E-state index in [0.717, 1.165) is 27.1 Å². The molecule has 23 heavy (non-hydrogen) atoms. The molecule has 0 spiro atoms. The van der Waals surface area contributed by atoms with Crippen LogP contribution in [0, 0.1) is 0 Å². The van der Waals surface area contributed by atoms with Crippen LogP contribution in [-0.2, 0) is 9.47 Å². The summed E-state index contributed by atoms with van der Waals surface area (Å²) in [5.74, 6) is 2.95. The first kappa shape index (κ1) is 17.0. The molecule has 0 N–H and O–H groups in total. The molecule has 1 fully saturated rings. The molecule has 3 heterocycles. The van der Waals surface area contributed by atoms with Crippen molar-refractivity contribution in [2.45, 2.75) is 61.8 Å². The molecular weight excluding hydrogens is 334 g/mol. The summed E-state index contributed by atoms with van der Waals surface area (Å²) in [5.41, 5.74) is -1.27. The number of carbonyl (C=O) groups is 1. The van der Waals surface area contributed by atoms with Crippen molar-refractivity contribution in [3.05, 3.63) is 12.0 Å². The van der Waals surface area contributed by atoms with Gasteiger partial charge in [0.1, 0.15) is 29.4 Å². The van der Waals surface area contributed by atoms with E-state index in [9.17, 15) is 4.79 Å². The van der Waals surface area contributed by atoms with Gasteiger partial charge in [-0.15, -0.1) is 23.5 Å². The summed E-state index contributed by atoms with van der Waals surface area (Å²) in [6.45, 7) is 9.78. The van der Waals surface area contributed by atoms with E-state index in [1.165, 1.54) is 0 Å². The van der Waals surface area contributed by atoms with Crippen molar-refractivity contribution in [2.75, 3.05) is 18.1 Å². The Labute approximate surface area is 145 Å². The molecular formula is C16H23NO4S2. The van der Waals surface area contributed by atoms with Crippen molar-refractivity contribution in [2.24, 2.45) is 0 Å². The van der Waals surface area contributed by atoms with Gasteiger partial charge in [-0.05, 0) is 34.6 Å². The molecule has 0 radical (unpaired) electrons. The van der Waals surface area contributed by atoms with E-state index in [4.69, 9.17) is 13.9 Å². The van der Waals surface area contributed by atoms with Crippen LogP contribution in [0.1, 0.15) is 46.4 Å². The van der Waals surface area contributed by atoms with Gasteiger partial charge in [0.05, 0.1) is 16.4 Å². The minimum absolute atomic E-state index is 0.255. The molecule has 0 bridgehead atoms. The van der Waals surface area contributed by atoms with E-state index in [1.54, 1.807) is 34.7 Å². The number of thioether (sulfide) groups is 2. The highest BCUT2D eigenvalue weighted by molar-refractivity contribution is 8.05. The average molecular weight is 357 g/mol. The fourth-order valence-corrected chi connectivity index (χ4v) is 5.07. The zero-order valence-corrected chi connectivity index (χ0v) is 15.8. The van der Waals surface area contributed by atoms with Crippen molar-refractivity contribution >= 4 is 29.6 Å². The Kier molecular flexibility index (Phi) is 4.40. The van der Waals surface area contributed by atoms with Gasteiger partial charge in [-0.2, -0.15) is 0 Å². The Morgan fingerprint density at radius 1 is 1.35 bits per heavy atom. The molecule has 2 aliphatic heterocycles. The number of hydrogen-bond donors (Lipinski definition) is 0. The molecule has 0 aromatic carbocycles. The Morgan fingerprint density at radius 3 is 2.74 bits per heavy atom. The SMILES string of the molecule is CC(C)(C)OC(=O)N1[C@@H](c2occ3c2SCCS3)COC1(C)C. The first-order chi connectivity index (χ1) is 10.7. The van der Waals surface area contributed by atoms with Crippen LogP contribution >= 0.6 is 23.5 Å². The van der Waals surface area contributed by atoms with E-state index >= 15 is 0 Å². The number of carbonyl (C=O) groups excluding carboxylic acids is 1. The first-order valence-electron chi connectivity index (χ1n) is 7.72. The maximum Gasteiger partial charge on any atom is 0.413 e. The second-order valence-electron chi connectivity index (χ2n) is 7.11. The molecule has 1 aromatic rings. The van der Waals surface area contributed by atoms with Crippen LogP contribution in [0.5, 0.6) is 0 Å². The number of nitrogens with zero attached hydrogens (tertiary/aromatic N) is 1. The van der Waals surface area contributed by atoms with Gasteiger partial charge in [-0.1, -0.05) is 0 Å². The summed E-state index contributed by atoms with van der Waals surface area (Å²) >= 11 is 3.58. The molecule has 0 aliphatic carbocycles. The highest BCUT2D eigenvalue weighted by Crippen LogP contribution is 2.47. The van der Waals surface area contributed by atoms with Crippen molar-refractivity contribution in [1.29, 1.82) is 0 Å². The Balaban J connectivity index is 1.92. The van der Waals surface area contributed by atoms with E-state index in [1.807, 2.05) is 34.6 Å². The Bertz CT molecular complexity index is 606. The largest absolute Gasteiger partial charge is 0.465 e. The lowest BCUT2D eigenvalue weighted by atomic mass is 10.1. The number of rotatable bonds is 1. The molecule has 1 saturated heterocycles. The van der Waals surface area contributed by atoms with Crippen LogP contribution in [0.2, 0.25) is 0 Å². The van der Waals surface area contributed by atoms with Crippen molar-refractivity contribution in [3.63, 3.8) is 0 Å². The van der Waals surface area contributed by atoms with Crippen LogP contribution in [0.3, 0.4) is 0 Å². The summed E-state index contributed by atoms with van der Waals surface area (Å²) in [6.07, 6.45) is 1.42. The predicted octanol–water partition coefficient (Wildman–Crippen LogP) is 4.52. The van der Waals surface area contributed by atoms with Gasteiger partial charge < -0.3 is 13.9 Å². The summed E-state index contributed by atoms with van der Waals surface area (Å²) in [7, 11) is 0. The molecule has 3 rings (SSSR count). The lowest BCUT2D eigenvalue weighted by Gasteiger charge is -2.34. The molecule has 1 aromatic heterocycles. The molecule has 0 unspecified atom stereocenters. The summed E-state index contributed by atoms with van der Waals surface area (Å²) in [5, 5.41) is 0. The van der Waals surface area contributed by atoms with E-state index in [2.05, 4.69) is 0 Å². The molecule has 7 heteroatoms. The van der Waals surface area contributed by atoms with Gasteiger partial charge in [0, 0.05) is 11.5 Å². The van der Waals surface area contributed by atoms with Crippen molar-refractivity contribution < 1.29 is 18.7 Å². The number of fused-ring (bicyclic) bond motifs is 1. The predicted molar refractivity (Wildman–Crippen MR) is 91.0 cm³/mol. The minimum atomic E-state index is -0.723. The second-order valence-corrected chi connectivity index (χ2v) is 9.36. The number of ether oxygens (including phenoxy) is 2. The monoisotopic (exact) mass is 357 g/mol. The lowest BCUT2D eigenvalue weighted by Crippen LogP contribution is -2.47. The van der Waals surface area contributed by atoms with Gasteiger partial charge in [0.25, 0.3) is 0 Å². The third-order valence-corrected chi connectivity index (χ3v) is 6.23. The Morgan fingerprint density at radius 2 is 2.04 bits per heavy atom. The van der Waals surface area contributed by atoms with Crippen LogP contribution in [0.4, 0.5) is 4.79 Å². The summed E-state index contributed by atoms with van der Waals surface area (Å²) in [4.78, 5) is 16.7. The van der Waals surface area contributed by atoms with Gasteiger partial charge in [0.15, 0.2) is 0 Å². The fourth-order valence-electron chi connectivity index (χ4n) is 2.77. The quantitative estimate of drug-likeness (QED) is 0.736. The molecule has 0 saturated carbocycles. The van der Waals surface area contributed by atoms with E-state index in [0.29, 0.717) is 6.61 Å². The van der Waals surface area contributed by atoms with Gasteiger partial charge in [-0.25, -0.2) is 4.79 Å². The minimum Gasteiger partial charge on any atom is -0.465 e. The lowest BCUT2D eigenvalue weighted by molar-refractivity contribution is -0.0633. The first-order valence-corrected chi connectivity index (χ1v) is 9.69. The van der Waals surface area contributed by atoms with E-state index < -0.39 is 11.3 Å². The van der Waals surface area contributed by atoms with Crippen LogP contribution < -0.4 is 0 Å². The van der Waals surface area contributed by atoms with E-state index in [-0.39, 0.29) is 12.1 Å². The maximum atomic E-state index is 12.7. The summed E-state index contributed by atoms with van der Waals surface area (Å²) < 4.78 is 17.3. The van der Waals surface area contributed by atoms with Crippen molar-refractivity contribution in [3.8, 4) is 0 Å². The smallest absolute Gasteiger partial charge is 0.413 e. The van der Waals surface area contributed by atoms with Gasteiger partial charge in [-0.3, -0.25) is 4.90 Å². The average Bonchev–Trinajstić information content (AvgIpc) is 2.97. The topological polar surface area (TPSA) is 51.9 Å². The number of amides is 1. The van der Waals surface area contributed by atoms with Gasteiger partial charge in [0.2, 0.25) is 0 Å². The third kappa shape index (κ3) is 3.37. The van der Waals surface area contributed by atoms with Crippen LogP contribution in [0.15, 0.2) is 20.5 Å². The molecule has 2 aliphatic rings. The zero-order chi connectivity index (χ0) is 16.8. The third-order valence-electron chi connectivity index (χ3n) is 3.71. The van der Waals surface area contributed by atoms with Gasteiger partial charge >= 0.3 is 6.09 Å². The highest BCUT2D eigenvalue weighted by atomic mass is 32.2. The highest BCUT2D eigenvalue weighted by Gasteiger charge is 2.48. The maximum absolute atomic E-state index is 12.7. The zero-order valence-electron chi connectivity index (χ0n) is 14.2. The normalized spacial score (nSPS) is 23.7. The van der Waals surface area contributed by atoms with Crippen LogP contribution in [-0.4, -0.2) is 40.4 Å².